The van der Waals surface area contributed by atoms with Gasteiger partial charge in [0, 0.05) is 62.5 Å². The van der Waals surface area contributed by atoms with Crippen molar-refractivity contribution in [3.63, 3.8) is 0 Å². The third kappa shape index (κ3) is 6.56. The van der Waals surface area contributed by atoms with E-state index in [1.165, 1.54) is 12.1 Å². The summed E-state index contributed by atoms with van der Waals surface area (Å²) in [5.74, 6) is -1.71. The number of hydrogen-bond acceptors (Lipinski definition) is 7. The lowest BCUT2D eigenvalue weighted by Gasteiger charge is -2.34. The first-order valence-corrected chi connectivity index (χ1v) is 14.6. The molecule has 5 atom stereocenters. The van der Waals surface area contributed by atoms with Crippen molar-refractivity contribution in [2.45, 2.75) is 62.6 Å². The minimum absolute atomic E-state index is 0.168. The van der Waals surface area contributed by atoms with Crippen LogP contribution in [0.1, 0.15) is 41.6 Å². The fraction of sp³-hybridized carbons (Fsp3) is 0.452. The number of aryl methyl sites for hydroxylation is 1. The van der Waals surface area contributed by atoms with Crippen LogP contribution in [-0.4, -0.2) is 81.7 Å². The molecule has 1 aromatic heterocycles. The molecule has 228 valence electrons. The van der Waals surface area contributed by atoms with Crippen LogP contribution in [0.5, 0.6) is 5.75 Å². The maximum atomic E-state index is 14.6. The van der Waals surface area contributed by atoms with Gasteiger partial charge in [0.2, 0.25) is 5.91 Å². The molecule has 3 N–H and O–H groups in total. The second kappa shape index (κ2) is 12.4. The van der Waals surface area contributed by atoms with Gasteiger partial charge in [-0.15, -0.1) is 0 Å². The van der Waals surface area contributed by atoms with Crippen LogP contribution in [0, 0.1) is 11.6 Å². The van der Waals surface area contributed by atoms with Crippen molar-refractivity contribution in [2.24, 2.45) is 7.05 Å². The van der Waals surface area contributed by atoms with Crippen LogP contribution in [0.15, 0.2) is 48.8 Å². The topological polar surface area (TPSA) is 118 Å². The number of aliphatic hydroxyl groups is 1. The number of aromatic nitrogens is 2. The zero-order valence-corrected chi connectivity index (χ0v) is 23.8. The van der Waals surface area contributed by atoms with E-state index in [2.05, 4.69) is 15.7 Å². The Hall–Kier alpha value is -3.87. The number of carbonyl (C=O) groups excluding carboxylic acids is 2. The normalized spacial score (nSPS) is 26.7. The van der Waals surface area contributed by atoms with E-state index < -0.39 is 29.9 Å². The highest BCUT2D eigenvalue weighted by molar-refractivity contribution is 5.98. The standard InChI is InChI=1S/C31H35F2N5O5/c1-37-15-18(13-35-37)16-38-17-21-12-26(38)31(41)34-14-29-27(39)7-4-22(43-29)8-9-42-28-10-19(2-5-24(28)30(40)36-21)23-6-3-20(32)11-25(23)33/h2-3,5-6,10-11,13,15,21-22,26-27,29,39H,4,7-9,12,14,16-17H2,1H3,(H,34,41)(H,36,40)/t21-,22-,26-,27-,29+/m0/s1. The van der Waals surface area contributed by atoms with Crippen LogP contribution in [0.25, 0.3) is 11.1 Å². The molecule has 12 heteroatoms. The average Bonchev–Trinajstić information content (AvgIpc) is 3.57. The summed E-state index contributed by atoms with van der Waals surface area (Å²) in [4.78, 5) is 29.1. The minimum Gasteiger partial charge on any atom is -0.493 e. The Kier molecular flexibility index (Phi) is 8.42. The molecule has 0 unspecified atom stereocenters. The SMILES string of the molecule is Cn1cc(CN2C[C@@H]3C[C@H]2C(=O)NC[C@H]2O[C@H](CCOc4cc(-c5ccc(F)cc5F)ccc4C(=O)N3)CC[C@@H]2O)cn1. The molecule has 2 fully saturated rings. The number of hydrogen-bond donors (Lipinski definition) is 3. The molecule has 2 saturated heterocycles. The van der Waals surface area contributed by atoms with Crippen molar-refractivity contribution >= 4 is 11.8 Å². The van der Waals surface area contributed by atoms with Crippen LogP contribution >= 0.6 is 0 Å². The first-order valence-electron chi connectivity index (χ1n) is 14.6. The largest absolute Gasteiger partial charge is 0.493 e. The molecular formula is C31H35F2N5O5. The molecule has 2 aromatic carbocycles. The van der Waals surface area contributed by atoms with Crippen molar-refractivity contribution in [1.82, 2.24) is 25.3 Å². The number of fused-ring (bicyclic) bond motifs is 5. The maximum Gasteiger partial charge on any atom is 0.255 e. The number of amides is 2. The predicted octanol–water partition coefficient (Wildman–Crippen LogP) is 2.55. The summed E-state index contributed by atoms with van der Waals surface area (Å²) in [6.45, 7) is 1.27. The highest BCUT2D eigenvalue weighted by atomic mass is 19.1. The van der Waals surface area contributed by atoms with Gasteiger partial charge < -0.3 is 25.2 Å². The summed E-state index contributed by atoms with van der Waals surface area (Å²) in [5.41, 5.74) is 1.83. The summed E-state index contributed by atoms with van der Waals surface area (Å²) >= 11 is 0. The number of nitrogens with one attached hydrogen (secondary N) is 2. The lowest BCUT2D eigenvalue weighted by atomic mass is 9.99. The second-order valence-corrected chi connectivity index (χ2v) is 11.5. The number of rotatable bonds is 3. The Labute approximate surface area is 248 Å². The molecule has 6 rings (SSSR count). The molecule has 4 heterocycles. The number of ether oxygens (including phenoxy) is 2. The first-order chi connectivity index (χ1) is 20.7. The average molecular weight is 596 g/mol. The van der Waals surface area contributed by atoms with E-state index in [1.807, 2.05) is 18.1 Å². The summed E-state index contributed by atoms with van der Waals surface area (Å²) in [5, 5.41) is 20.8. The van der Waals surface area contributed by atoms with Crippen molar-refractivity contribution in [3.05, 3.63) is 71.6 Å². The monoisotopic (exact) mass is 595 g/mol. The van der Waals surface area contributed by atoms with Gasteiger partial charge in [-0.1, -0.05) is 6.07 Å². The molecule has 0 radical (unpaired) electrons. The Bertz CT molecular complexity index is 1500. The Morgan fingerprint density at radius 3 is 2.72 bits per heavy atom. The second-order valence-electron chi connectivity index (χ2n) is 11.5. The van der Waals surface area contributed by atoms with Crippen LogP contribution in [0.2, 0.25) is 0 Å². The lowest BCUT2D eigenvalue weighted by Crippen LogP contribution is -2.50. The number of carbonyl (C=O) groups is 2. The molecule has 4 bridgehead atoms. The third-order valence-electron chi connectivity index (χ3n) is 8.41. The number of halogens is 2. The van der Waals surface area contributed by atoms with Gasteiger partial charge in [-0.2, -0.15) is 5.10 Å². The van der Waals surface area contributed by atoms with Crippen LogP contribution in [0.3, 0.4) is 0 Å². The summed E-state index contributed by atoms with van der Waals surface area (Å²) in [7, 11) is 1.82. The van der Waals surface area contributed by atoms with E-state index in [9.17, 15) is 23.5 Å². The Morgan fingerprint density at radius 2 is 1.93 bits per heavy atom. The molecule has 3 aliphatic heterocycles. The molecule has 2 amide bonds. The van der Waals surface area contributed by atoms with E-state index in [0.29, 0.717) is 44.3 Å². The molecule has 10 nitrogen and oxygen atoms in total. The molecule has 0 aliphatic carbocycles. The molecular weight excluding hydrogens is 560 g/mol. The van der Waals surface area contributed by atoms with Crippen molar-refractivity contribution in [3.8, 4) is 16.9 Å². The summed E-state index contributed by atoms with van der Waals surface area (Å²) < 4.78 is 42.1. The van der Waals surface area contributed by atoms with Gasteiger partial charge in [0.25, 0.3) is 5.91 Å². The van der Waals surface area contributed by atoms with Gasteiger partial charge in [0.1, 0.15) is 23.5 Å². The Morgan fingerprint density at radius 1 is 1.09 bits per heavy atom. The van der Waals surface area contributed by atoms with E-state index in [-0.39, 0.29) is 54.0 Å². The zero-order valence-electron chi connectivity index (χ0n) is 23.8. The smallest absolute Gasteiger partial charge is 0.255 e. The lowest BCUT2D eigenvalue weighted by molar-refractivity contribution is -0.133. The van der Waals surface area contributed by atoms with Crippen molar-refractivity contribution in [2.75, 3.05) is 19.7 Å². The van der Waals surface area contributed by atoms with Crippen LogP contribution < -0.4 is 15.4 Å². The Balaban J connectivity index is 1.30. The van der Waals surface area contributed by atoms with Crippen LogP contribution in [0.4, 0.5) is 8.78 Å². The molecule has 0 saturated carbocycles. The first kappa shape index (κ1) is 29.2. The van der Waals surface area contributed by atoms with Crippen molar-refractivity contribution < 1.29 is 33.0 Å². The highest BCUT2D eigenvalue weighted by Crippen LogP contribution is 2.31. The minimum atomic E-state index is -0.721. The molecule has 43 heavy (non-hydrogen) atoms. The number of benzene rings is 2. The quantitative estimate of drug-likeness (QED) is 0.426. The number of aliphatic hydroxyl groups excluding tert-OH is 1. The summed E-state index contributed by atoms with van der Waals surface area (Å²) in [6, 6.07) is 7.25. The van der Waals surface area contributed by atoms with Gasteiger partial charge >= 0.3 is 0 Å². The number of nitrogens with zero attached hydrogens (tertiary/aromatic N) is 3. The fourth-order valence-corrected chi connectivity index (χ4v) is 6.19. The van der Waals surface area contributed by atoms with E-state index in [0.717, 1.165) is 11.6 Å². The van der Waals surface area contributed by atoms with Gasteiger partial charge in [-0.05, 0) is 49.1 Å². The zero-order chi connectivity index (χ0) is 30.1. The third-order valence-corrected chi connectivity index (χ3v) is 8.41. The summed E-state index contributed by atoms with van der Waals surface area (Å²) in [6.07, 6.45) is 4.16. The van der Waals surface area contributed by atoms with Crippen molar-refractivity contribution in [1.29, 1.82) is 0 Å². The van der Waals surface area contributed by atoms with Gasteiger partial charge in [-0.3, -0.25) is 19.2 Å². The van der Waals surface area contributed by atoms with Gasteiger partial charge in [0.15, 0.2) is 0 Å². The van der Waals surface area contributed by atoms with E-state index >= 15 is 0 Å². The molecule has 3 aromatic rings. The predicted molar refractivity (Wildman–Crippen MR) is 152 cm³/mol. The van der Waals surface area contributed by atoms with Gasteiger partial charge in [-0.25, -0.2) is 8.78 Å². The molecule has 0 spiro atoms. The fourth-order valence-electron chi connectivity index (χ4n) is 6.19. The van der Waals surface area contributed by atoms with E-state index in [1.54, 1.807) is 29.1 Å². The van der Waals surface area contributed by atoms with E-state index in [4.69, 9.17) is 9.47 Å². The van der Waals surface area contributed by atoms with Crippen LogP contribution in [-0.2, 0) is 23.1 Å². The molecule has 3 aliphatic rings. The maximum absolute atomic E-state index is 14.6. The number of likely N-dealkylation sites (tertiary alicyclic amines) is 1. The van der Waals surface area contributed by atoms with Gasteiger partial charge in [0.05, 0.1) is 36.6 Å². The highest BCUT2D eigenvalue weighted by Gasteiger charge is 2.39.